The number of amides is 1. The van der Waals surface area contributed by atoms with Gasteiger partial charge in [0.2, 0.25) is 0 Å². The minimum Gasteiger partial charge on any atom is -0.444 e. The van der Waals surface area contributed by atoms with Crippen molar-refractivity contribution < 1.29 is 28.2 Å². The van der Waals surface area contributed by atoms with Crippen LogP contribution in [-0.2, 0) is 14.2 Å². The van der Waals surface area contributed by atoms with Crippen LogP contribution in [0.3, 0.4) is 0 Å². The van der Waals surface area contributed by atoms with E-state index >= 15 is 0 Å². The van der Waals surface area contributed by atoms with E-state index in [4.69, 9.17) is 24.3 Å². The van der Waals surface area contributed by atoms with E-state index in [1.54, 1.807) is 4.90 Å². The van der Waals surface area contributed by atoms with Gasteiger partial charge in [0.15, 0.2) is 5.82 Å². The van der Waals surface area contributed by atoms with Crippen molar-refractivity contribution in [2.75, 3.05) is 39.5 Å². The van der Waals surface area contributed by atoms with Crippen LogP contribution in [0.15, 0.2) is 29.1 Å². The summed E-state index contributed by atoms with van der Waals surface area (Å²) in [5, 5.41) is 4.70. The van der Waals surface area contributed by atoms with Crippen molar-refractivity contribution in [2.24, 2.45) is 5.41 Å². The minimum absolute atomic E-state index is 0.248. The summed E-state index contributed by atoms with van der Waals surface area (Å²) in [5.41, 5.74) is 1.60. The first-order chi connectivity index (χ1) is 19.3. The van der Waals surface area contributed by atoms with E-state index in [0.717, 1.165) is 11.6 Å². The number of halogens is 1. The number of aromatic nitrogens is 3. The van der Waals surface area contributed by atoms with Crippen molar-refractivity contribution in [3.05, 3.63) is 40.8 Å². The molecule has 1 aromatic rings. The fourth-order valence-corrected chi connectivity index (χ4v) is 7.00. The topological polar surface area (TPSA) is 95.8 Å². The van der Waals surface area contributed by atoms with Gasteiger partial charge in [-0.2, -0.15) is 4.68 Å². The number of carbonyl (C=O) groups excluding carboxylic acids is 2. The fraction of sp³-hybridized carbons (Fsp3) is 0.667. The normalized spacial score (nSPS) is 23.6. The maximum atomic E-state index is 14.6. The Balaban J connectivity index is 1.48. The number of carbonyl (C=O) groups is 2. The SMILES string of the molecule is CC(C)(C)OC(=O)N1CCC2(CC1)C/C(=C\F)C1=C2C(=O)n2nc(C3=CCOCC3)nc2C1COCC[Si](C)(C)C. The Morgan fingerprint density at radius 3 is 2.61 bits per heavy atom. The molecule has 224 valence electrons. The molecule has 4 heterocycles. The molecule has 1 aromatic heterocycles. The Morgan fingerprint density at radius 1 is 1.27 bits per heavy atom. The maximum Gasteiger partial charge on any atom is 0.410 e. The third-order valence-corrected chi connectivity index (χ3v) is 10.1. The summed E-state index contributed by atoms with van der Waals surface area (Å²) in [7, 11) is -1.31. The molecule has 4 aliphatic rings. The molecule has 1 amide bonds. The molecule has 0 saturated carbocycles. The Morgan fingerprint density at radius 2 is 2.00 bits per heavy atom. The molecule has 1 spiro atoms. The summed E-state index contributed by atoms with van der Waals surface area (Å²) in [6, 6.07) is 1.01. The van der Waals surface area contributed by atoms with Gasteiger partial charge in [0.1, 0.15) is 11.4 Å². The molecule has 1 fully saturated rings. The number of piperidine rings is 1. The fourth-order valence-electron chi connectivity index (χ4n) is 6.24. The van der Waals surface area contributed by atoms with Crippen molar-refractivity contribution in [3.8, 4) is 0 Å². The Labute approximate surface area is 242 Å². The zero-order valence-corrected chi connectivity index (χ0v) is 26.2. The number of likely N-dealkylation sites (tertiary alicyclic amines) is 1. The van der Waals surface area contributed by atoms with E-state index in [1.807, 2.05) is 26.8 Å². The highest BCUT2D eigenvalue weighted by atomic mass is 28.3. The van der Waals surface area contributed by atoms with Crippen LogP contribution in [0.1, 0.15) is 68.8 Å². The van der Waals surface area contributed by atoms with Gasteiger partial charge in [0, 0.05) is 38.8 Å². The van der Waals surface area contributed by atoms with Crippen molar-refractivity contribution in [1.82, 2.24) is 19.7 Å². The van der Waals surface area contributed by atoms with Gasteiger partial charge in [-0.15, -0.1) is 5.10 Å². The molecule has 3 aliphatic heterocycles. The van der Waals surface area contributed by atoms with Crippen LogP contribution in [0.25, 0.3) is 5.57 Å². The van der Waals surface area contributed by atoms with Crippen molar-refractivity contribution in [2.45, 2.75) is 83.7 Å². The predicted molar refractivity (Wildman–Crippen MR) is 156 cm³/mol. The van der Waals surface area contributed by atoms with Gasteiger partial charge in [-0.25, -0.2) is 14.2 Å². The second-order valence-corrected chi connectivity index (χ2v) is 19.5. The monoisotopic (exact) mass is 586 g/mol. The van der Waals surface area contributed by atoms with Gasteiger partial charge >= 0.3 is 6.09 Å². The van der Waals surface area contributed by atoms with E-state index in [-0.39, 0.29) is 12.0 Å². The van der Waals surface area contributed by atoms with Crippen LogP contribution in [-0.4, -0.2) is 84.9 Å². The standard InChI is InChI=1S/C30H43FN4O5Si/c1-29(2,3)40-28(37)34-11-9-30(10-12-34)17-21(18-31)23-22(19-39-15-16-41(4,5)6)26-32-25(20-7-13-38-14-8-20)33-35(26)27(36)24(23)30/h7,18,22H,8-17,19H2,1-6H3/b21-18+. The molecule has 1 saturated heterocycles. The Bertz CT molecular complexity index is 1290. The van der Waals surface area contributed by atoms with E-state index in [2.05, 4.69) is 19.6 Å². The summed E-state index contributed by atoms with van der Waals surface area (Å²) in [4.78, 5) is 33.5. The summed E-state index contributed by atoms with van der Waals surface area (Å²) < 4.78 is 33.3. The largest absolute Gasteiger partial charge is 0.444 e. The lowest BCUT2D eigenvalue weighted by atomic mass is 9.71. The van der Waals surface area contributed by atoms with Crippen LogP contribution in [0.4, 0.5) is 9.18 Å². The molecular weight excluding hydrogens is 543 g/mol. The zero-order valence-electron chi connectivity index (χ0n) is 25.2. The van der Waals surface area contributed by atoms with Crippen LogP contribution >= 0.6 is 0 Å². The summed E-state index contributed by atoms with van der Waals surface area (Å²) in [5.74, 6) is 0.370. The van der Waals surface area contributed by atoms with Crippen molar-refractivity contribution in [3.63, 3.8) is 0 Å². The van der Waals surface area contributed by atoms with Crippen molar-refractivity contribution in [1.29, 1.82) is 0 Å². The van der Waals surface area contributed by atoms with Gasteiger partial charge in [-0.05, 0) is 69.2 Å². The highest BCUT2D eigenvalue weighted by Gasteiger charge is 2.54. The molecule has 11 heteroatoms. The first kappa shape index (κ1) is 29.8. The summed E-state index contributed by atoms with van der Waals surface area (Å²) in [6.07, 6.45) is 4.40. The molecule has 1 atom stereocenters. The van der Waals surface area contributed by atoms with Gasteiger partial charge in [0.25, 0.3) is 5.91 Å². The lowest BCUT2D eigenvalue weighted by Gasteiger charge is -2.41. The first-order valence-corrected chi connectivity index (χ1v) is 18.4. The maximum absolute atomic E-state index is 14.6. The van der Waals surface area contributed by atoms with Crippen LogP contribution in [0.2, 0.25) is 25.7 Å². The lowest BCUT2D eigenvalue weighted by molar-refractivity contribution is 0.0138. The molecule has 1 aliphatic carbocycles. The number of fused-ring (bicyclic) bond motifs is 2. The highest BCUT2D eigenvalue weighted by Crippen LogP contribution is 2.57. The van der Waals surface area contributed by atoms with Gasteiger partial charge in [-0.3, -0.25) is 4.79 Å². The number of ether oxygens (including phenoxy) is 3. The van der Waals surface area contributed by atoms with Crippen LogP contribution < -0.4 is 0 Å². The molecule has 5 rings (SSSR count). The Hall–Kier alpha value is -2.63. The second-order valence-electron chi connectivity index (χ2n) is 13.9. The van der Waals surface area contributed by atoms with Crippen LogP contribution in [0, 0.1) is 5.41 Å². The summed E-state index contributed by atoms with van der Waals surface area (Å²) >= 11 is 0. The number of hydrogen-bond donors (Lipinski definition) is 0. The summed E-state index contributed by atoms with van der Waals surface area (Å²) in [6.45, 7) is 15.3. The highest BCUT2D eigenvalue weighted by molar-refractivity contribution is 6.76. The average molecular weight is 587 g/mol. The molecular formula is C30H43FN4O5Si. The quantitative estimate of drug-likeness (QED) is 0.310. The lowest BCUT2D eigenvalue weighted by Crippen LogP contribution is -2.46. The zero-order chi connectivity index (χ0) is 29.6. The number of allylic oxidation sites excluding steroid dienone is 2. The molecule has 0 aromatic carbocycles. The smallest absolute Gasteiger partial charge is 0.410 e. The first-order valence-electron chi connectivity index (χ1n) is 14.7. The third kappa shape index (κ3) is 6.12. The van der Waals surface area contributed by atoms with E-state index in [9.17, 15) is 14.0 Å². The van der Waals surface area contributed by atoms with E-state index in [1.165, 1.54) is 4.68 Å². The van der Waals surface area contributed by atoms with Crippen molar-refractivity contribution >= 4 is 25.6 Å². The number of rotatable bonds is 6. The molecule has 0 N–H and O–H groups in total. The van der Waals surface area contributed by atoms with E-state index in [0.29, 0.717) is 99.9 Å². The van der Waals surface area contributed by atoms with Gasteiger partial charge < -0.3 is 19.1 Å². The molecule has 1 unspecified atom stereocenters. The molecule has 41 heavy (non-hydrogen) atoms. The third-order valence-electron chi connectivity index (χ3n) is 8.41. The predicted octanol–water partition coefficient (Wildman–Crippen LogP) is 5.75. The molecule has 0 bridgehead atoms. The minimum atomic E-state index is -1.31. The van der Waals surface area contributed by atoms with Gasteiger partial charge in [-0.1, -0.05) is 25.7 Å². The number of hydrogen-bond acceptors (Lipinski definition) is 7. The van der Waals surface area contributed by atoms with Crippen LogP contribution in [0.5, 0.6) is 0 Å². The Kier molecular flexibility index (Phi) is 8.17. The molecule has 0 radical (unpaired) electrons. The van der Waals surface area contributed by atoms with E-state index < -0.39 is 25.0 Å². The van der Waals surface area contributed by atoms with Gasteiger partial charge in [0.05, 0.1) is 32.1 Å². The average Bonchev–Trinajstić information content (AvgIpc) is 3.48. The molecule has 9 nitrogen and oxygen atoms in total. The second kappa shape index (κ2) is 11.2. The number of nitrogens with zero attached hydrogens (tertiary/aromatic N) is 4.